The van der Waals surface area contributed by atoms with Gasteiger partial charge in [0.1, 0.15) is 0 Å². The largest absolute Gasteiger partial charge is 0.401 e. The lowest BCUT2D eigenvalue weighted by molar-refractivity contribution is -0.147. The van der Waals surface area contributed by atoms with E-state index in [9.17, 15) is 13.2 Å². The lowest BCUT2D eigenvalue weighted by Gasteiger charge is -2.25. The summed E-state index contributed by atoms with van der Waals surface area (Å²) >= 11 is 0. The van der Waals surface area contributed by atoms with Gasteiger partial charge < -0.3 is 5.73 Å². The highest BCUT2D eigenvalue weighted by atomic mass is 19.4. The molecule has 2 nitrogen and oxygen atoms in total. The number of rotatable bonds is 2. The van der Waals surface area contributed by atoms with E-state index < -0.39 is 12.7 Å². The molecule has 0 heterocycles. The Hall–Kier alpha value is -0.290. The van der Waals surface area contributed by atoms with Gasteiger partial charge in [0, 0.05) is 12.1 Å². The molecule has 1 saturated carbocycles. The third-order valence-corrected chi connectivity index (χ3v) is 2.50. The molecule has 0 amide bonds. The minimum atomic E-state index is -4.10. The Morgan fingerprint density at radius 2 is 2.00 bits per heavy atom. The molecule has 0 bridgehead atoms. The van der Waals surface area contributed by atoms with E-state index in [0.717, 1.165) is 12.8 Å². The Kier molecular flexibility index (Phi) is 3.18. The molecule has 0 radical (unpaired) electrons. The number of halogens is 3. The smallest absolute Gasteiger partial charge is 0.328 e. The highest BCUT2D eigenvalue weighted by Crippen LogP contribution is 2.25. The topological polar surface area (TPSA) is 29.3 Å². The fraction of sp³-hybridized carbons (Fsp3) is 1.00. The fourth-order valence-corrected chi connectivity index (χ4v) is 1.80. The standard InChI is InChI=1S/C8H15F3N2/c1-13(5-8(9,10)11)7-3-2-6(12)4-7/h6-7H,2-5,12H2,1H3. The Morgan fingerprint density at radius 3 is 2.38 bits per heavy atom. The first-order valence-corrected chi connectivity index (χ1v) is 4.41. The van der Waals surface area contributed by atoms with Crippen molar-refractivity contribution in [1.29, 1.82) is 0 Å². The van der Waals surface area contributed by atoms with Gasteiger partial charge in [0.05, 0.1) is 6.54 Å². The van der Waals surface area contributed by atoms with E-state index in [-0.39, 0.29) is 12.1 Å². The summed E-state index contributed by atoms with van der Waals surface area (Å²) in [7, 11) is 1.51. The van der Waals surface area contributed by atoms with Gasteiger partial charge in [-0.15, -0.1) is 0 Å². The van der Waals surface area contributed by atoms with Gasteiger partial charge >= 0.3 is 6.18 Å². The lowest BCUT2D eigenvalue weighted by atomic mass is 10.2. The van der Waals surface area contributed by atoms with Crippen LogP contribution in [0.2, 0.25) is 0 Å². The zero-order chi connectivity index (χ0) is 10.1. The van der Waals surface area contributed by atoms with E-state index in [2.05, 4.69) is 0 Å². The van der Waals surface area contributed by atoms with Crippen molar-refractivity contribution in [3.8, 4) is 0 Å². The van der Waals surface area contributed by atoms with Crippen LogP contribution in [-0.2, 0) is 0 Å². The Bertz CT molecular complexity index is 169. The maximum Gasteiger partial charge on any atom is 0.401 e. The average molecular weight is 196 g/mol. The van der Waals surface area contributed by atoms with E-state index in [1.807, 2.05) is 0 Å². The van der Waals surface area contributed by atoms with Crippen molar-refractivity contribution >= 4 is 0 Å². The number of hydrogen-bond acceptors (Lipinski definition) is 2. The second-order valence-electron chi connectivity index (χ2n) is 3.76. The summed E-state index contributed by atoms with van der Waals surface area (Å²) in [5, 5.41) is 0. The minimum Gasteiger partial charge on any atom is -0.328 e. The van der Waals surface area contributed by atoms with Crippen LogP contribution in [0, 0.1) is 0 Å². The van der Waals surface area contributed by atoms with Gasteiger partial charge in [-0.2, -0.15) is 13.2 Å². The molecule has 0 saturated heterocycles. The Morgan fingerprint density at radius 1 is 1.38 bits per heavy atom. The molecule has 5 heteroatoms. The summed E-state index contributed by atoms with van der Waals surface area (Å²) in [5.74, 6) is 0. The molecule has 2 unspecified atom stereocenters. The SMILES string of the molecule is CN(CC(F)(F)F)C1CCC(N)C1. The molecular weight excluding hydrogens is 181 g/mol. The average Bonchev–Trinajstić information content (AvgIpc) is 2.31. The summed E-state index contributed by atoms with van der Waals surface area (Å²) in [4.78, 5) is 1.35. The highest BCUT2D eigenvalue weighted by molar-refractivity contribution is 4.84. The predicted molar refractivity (Wildman–Crippen MR) is 44.3 cm³/mol. The van der Waals surface area contributed by atoms with Gasteiger partial charge in [0.2, 0.25) is 0 Å². The van der Waals surface area contributed by atoms with Crippen LogP contribution in [0.1, 0.15) is 19.3 Å². The molecule has 1 aliphatic rings. The second-order valence-corrected chi connectivity index (χ2v) is 3.76. The van der Waals surface area contributed by atoms with Crippen LogP contribution in [0.15, 0.2) is 0 Å². The molecule has 0 aromatic heterocycles. The number of nitrogens with zero attached hydrogens (tertiary/aromatic N) is 1. The number of nitrogens with two attached hydrogens (primary N) is 1. The zero-order valence-corrected chi connectivity index (χ0v) is 7.64. The van der Waals surface area contributed by atoms with E-state index in [1.165, 1.54) is 11.9 Å². The number of hydrogen-bond donors (Lipinski definition) is 1. The molecule has 1 aliphatic carbocycles. The van der Waals surface area contributed by atoms with Crippen molar-refractivity contribution in [1.82, 2.24) is 4.90 Å². The monoisotopic (exact) mass is 196 g/mol. The van der Waals surface area contributed by atoms with Gasteiger partial charge in [-0.05, 0) is 26.3 Å². The van der Waals surface area contributed by atoms with Crippen molar-refractivity contribution in [2.45, 2.75) is 37.5 Å². The maximum absolute atomic E-state index is 12.0. The van der Waals surface area contributed by atoms with Gasteiger partial charge in [-0.25, -0.2) is 0 Å². The van der Waals surface area contributed by atoms with E-state index >= 15 is 0 Å². The molecule has 2 atom stereocenters. The van der Waals surface area contributed by atoms with Crippen LogP contribution in [0.3, 0.4) is 0 Å². The van der Waals surface area contributed by atoms with E-state index in [1.54, 1.807) is 0 Å². The van der Waals surface area contributed by atoms with Gasteiger partial charge in [-0.3, -0.25) is 4.90 Å². The second kappa shape index (κ2) is 3.84. The highest BCUT2D eigenvalue weighted by Gasteiger charge is 2.34. The summed E-state index contributed by atoms with van der Waals surface area (Å²) in [6, 6.07) is 0.0947. The summed E-state index contributed by atoms with van der Waals surface area (Å²) in [5.41, 5.74) is 5.62. The van der Waals surface area contributed by atoms with E-state index in [0.29, 0.717) is 6.42 Å². The van der Waals surface area contributed by atoms with Crippen LogP contribution < -0.4 is 5.73 Å². The molecule has 1 rings (SSSR count). The lowest BCUT2D eigenvalue weighted by Crippen LogP contribution is -2.38. The van der Waals surface area contributed by atoms with Gasteiger partial charge in [0.15, 0.2) is 0 Å². The first-order valence-electron chi connectivity index (χ1n) is 4.41. The van der Waals surface area contributed by atoms with Crippen LogP contribution >= 0.6 is 0 Å². The number of alkyl halides is 3. The molecule has 2 N–H and O–H groups in total. The Balaban J connectivity index is 2.36. The van der Waals surface area contributed by atoms with E-state index in [4.69, 9.17) is 5.73 Å². The molecule has 1 fully saturated rings. The van der Waals surface area contributed by atoms with Crippen molar-refractivity contribution in [3.05, 3.63) is 0 Å². The third kappa shape index (κ3) is 3.52. The maximum atomic E-state index is 12.0. The van der Waals surface area contributed by atoms with Crippen LogP contribution in [0.4, 0.5) is 13.2 Å². The fourth-order valence-electron chi connectivity index (χ4n) is 1.80. The van der Waals surface area contributed by atoms with Crippen LogP contribution in [0.25, 0.3) is 0 Å². The van der Waals surface area contributed by atoms with Crippen LogP contribution in [-0.4, -0.2) is 36.8 Å². The molecule has 0 aromatic carbocycles. The molecule has 13 heavy (non-hydrogen) atoms. The minimum absolute atomic E-state index is 0.0108. The van der Waals surface area contributed by atoms with Crippen molar-refractivity contribution in [3.63, 3.8) is 0 Å². The molecule has 0 aromatic rings. The van der Waals surface area contributed by atoms with Crippen molar-refractivity contribution in [2.75, 3.05) is 13.6 Å². The molecule has 0 spiro atoms. The van der Waals surface area contributed by atoms with Crippen molar-refractivity contribution in [2.24, 2.45) is 5.73 Å². The van der Waals surface area contributed by atoms with Crippen LogP contribution in [0.5, 0.6) is 0 Å². The summed E-state index contributed by atoms with van der Waals surface area (Å²) < 4.78 is 36.0. The molecule has 78 valence electrons. The Labute approximate surface area is 75.9 Å². The zero-order valence-electron chi connectivity index (χ0n) is 7.64. The normalized spacial score (nSPS) is 30.0. The molecular formula is C8H15F3N2. The van der Waals surface area contributed by atoms with Crippen molar-refractivity contribution < 1.29 is 13.2 Å². The first kappa shape index (κ1) is 10.8. The predicted octanol–water partition coefficient (Wildman–Crippen LogP) is 1.36. The summed E-state index contributed by atoms with van der Waals surface area (Å²) in [6.07, 6.45) is -1.78. The third-order valence-electron chi connectivity index (χ3n) is 2.50. The quantitative estimate of drug-likeness (QED) is 0.722. The van der Waals surface area contributed by atoms with Gasteiger partial charge in [-0.1, -0.05) is 0 Å². The molecule has 0 aliphatic heterocycles. The van der Waals surface area contributed by atoms with Gasteiger partial charge in [0.25, 0.3) is 0 Å². The first-order chi connectivity index (χ1) is 5.88. The summed E-state index contributed by atoms with van der Waals surface area (Å²) in [6.45, 7) is -0.829.